The Kier molecular flexibility index (Phi) is 3.57. The first-order valence-electron chi connectivity index (χ1n) is 5.84. The van der Waals surface area contributed by atoms with Crippen LogP contribution in [0.1, 0.15) is 19.8 Å². The highest BCUT2D eigenvalue weighted by Crippen LogP contribution is 2.29. The molecule has 0 spiro atoms. The third-order valence-electron chi connectivity index (χ3n) is 2.96. The third-order valence-corrected chi connectivity index (χ3v) is 2.96. The molecule has 0 aromatic carbocycles. The van der Waals surface area contributed by atoms with Gasteiger partial charge in [-0.1, -0.05) is 24.3 Å². The molecule has 0 unspecified atom stereocenters. The fourth-order valence-electron chi connectivity index (χ4n) is 1.92. The van der Waals surface area contributed by atoms with E-state index < -0.39 is 0 Å². The Hall–Kier alpha value is -1.35. The molecule has 1 fully saturated rings. The van der Waals surface area contributed by atoms with Crippen molar-refractivity contribution in [3.05, 3.63) is 24.3 Å². The number of piperidine rings is 1. The lowest BCUT2D eigenvalue weighted by Gasteiger charge is -2.22. The van der Waals surface area contributed by atoms with Gasteiger partial charge in [0.25, 0.3) is 0 Å². The highest BCUT2D eigenvalue weighted by molar-refractivity contribution is 5.75. The van der Waals surface area contributed by atoms with Crippen molar-refractivity contribution in [2.45, 2.75) is 25.8 Å². The highest BCUT2D eigenvalue weighted by Gasteiger charge is 2.12. The molecule has 0 radical (unpaired) electrons. The molecule has 0 bridgehead atoms. The number of amides is 1. The maximum absolute atomic E-state index is 10.6. The second-order valence-electron chi connectivity index (χ2n) is 4.30. The summed E-state index contributed by atoms with van der Waals surface area (Å²) in [6, 6.07) is 8.90. The summed E-state index contributed by atoms with van der Waals surface area (Å²) in [5.74, 6) is 0.0897. The molecule has 1 heterocycles. The van der Waals surface area contributed by atoms with E-state index in [0.29, 0.717) is 6.04 Å². The molecule has 2 N–H and O–H groups in total. The van der Waals surface area contributed by atoms with Gasteiger partial charge in [0, 0.05) is 13.0 Å². The minimum Gasteiger partial charge on any atom is -0.354 e. The van der Waals surface area contributed by atoms with E-state index in [-0.39, 0.29) is 5.91 Å². The van der Waals surface area contributed by atoms with Crippen molar-refractivity contribution in [2.75, 3.05) is 13.1 Å². The Morgan fingerprint density at radius 1 is 1.19 bits per heavy atom. The molecule has 1 amide bonds. The van der Waals surface area contributed by atoms with Gasteiger partial charge in [0.1, 0.15) is 0 Å². The molecule has 3 rings (SSSR count). The van der Waals surface area contributed by atoms with Crippen LogP contribution in [0.2, 0.25) is 0 Å². The molecule has 2 aliphatic carbocycles. The van der Waals surface area contributed by atoms with E-state index >= 15 is 0 Å². The lowest BCUT2D eigenvalue weighted by Crippen LogP contribution is -2.41. The number of hydrogen-bond donors (Lipinski definition) is 2. The van der Waals surface area contributed by atoms with E-state index in [2.05, 4.69) is 34.9 Å². The smallest absolute Gasteiger partial charge is 0.217 e. The first-order chi connectivity index (χ1) is 7.75. The summed E-state index contributed by atoms with van der Waals surface area (Å²) in [6.45, 7) is 3.64. The van der Waals surface area contributed by atoms with E-state index in [4.69, 9.17) is 0 Å². The molecule has 3 nitrogen and oxygen atoms in total. The van der Waals surface area contributed by atoms with E-state index in [1.54, 1.807) is 6.92 Å². The molecule has 0 atom stereocenters. The van der Waals surface area contributed by atoms with Crippen LogP contribution >= 0.6 is 0 Å². The van der Waals surface area contributed by atoms with E-state index in [0.717, 1.165) is 25.9 Å². The van der Waals surface area contributed by atoms with Crippen LogP contribution in [0, 0.1) is 0 Å². The summed E-state index contributed by atoms with van der Waals surface area (Å²) in [7, 11) is 0. The quantitative estimate of drug-likeness (QED) is 0.762. The molecule has 1 aliphatic heterocycles. The predicted octanol–water partition coefficient (Wildman–Crippen LogP) is 1.54. The maximum atomic E-state index is 10.6. The fourth-order valence-corrected chi connectivity index (χ4v) is 1.92. The molecule has 0 aromatic rings. The first kappa shape index (κ1) is 11.1. The number of hydrogen-bond acceptors (Lipinski definition) is 2. The van der Waals surface area contributed by atoms with Crippen LogP contribution in [0.4, 0.5) is 0 Å². The minimum absolute atomic E-state index is 0.0897. The van der Waals surface area contributed by atoms with Crippen LogP contribution in [-0.2, 0) is 4.79 Å². The van der Waals surface area contributed by atoms with Crippen LogP contribution in [0.25, 0.3) is 11.1 Å². The zero-order valence-electron chi connectivity index (χ0n) is 9.62. The van der Waals surface area contributed by atoms with Crippen molar-refractivity contribution in [1.82, 2.24) is 10.6 Å². The van der Waals surface area contributed by atoms with Crippen LogP contribution in [0.5, 0.6) is 0 Å². The summed E-state index contributed by atoms with van der Waals surface area (Å²) in [6.07, 6.45) is 2.14. The average Bonchev–Trinajstić information content (AvgIpc) is 2.25. The topological polar surface area (TPSA) is 41.1 Å². The zero-order chi connectivity index (χ0) is 11.4. The normalized spacial score (nSPS) is 17.1. The van der Waals surface area contributed by atoms with Crippen molar-refractivity contribution >= 4 is 5.91 Å². The van der Waals surface area contributed by atoms with Crippen molar-refractivity contribution < 1.29 is 4.79 Å². The van der Waals surface area contributed by atoms with E-state index in [9.17, 15) is 4.79 Å². The van der Waals surface area contributed by atoms with Gasteiger partial charge in [0.15, 0.2) is 0 Å². The maximum Gasteiger partial charge on any atom is 0.217 e. The van der Waals surface area contributed by atoms with Gasteiger partial charge in [-0.05, 0) is 37.1 Å². The monoisotopic (exact) mass is 218 g/mol. The summed E-state index contributed by atoms with van der Waals surface area (Å²) >= 11 is 0. The average molecular weight is 218 g/mol. The minimum atomic E-state index is 0.0897. The number of carbonyl (C=O) groups excluding carboxylic acids is 1. The Morgan fingerprint density at radius 2 is 1.69 bits per heavy atom. The van der Waals surface area contributed by atoms with Gasteiger partial charge in [-0.2, -0.15) is 0 Å². The summed E-state index contributed by atoms with van der Waals surface area (Å²) in [5, 5.41) is 6.14. The summed E-state index contributed by atoms with van der Waals surface area (Å²) in [4.78, 5) is 10.6. The molecular formula is C13H18N2O. The van der Waals surface area contributed by atoms with Crippen molar-refractivity contribution in [2.24, 2.45) is 0 Å². The molecule has 0 saturated carbocycles. The van der Waals surface area contributed by atoms with Gasteiger partial charge in [0.05, 0.1) is 0 Å². The van der Waals surface area contributed by atoms with Crippen LogP contribution < -0.4 is 10.6 Å². The number of fused-ring (bicyclic) bond motifs is 1. The van der Waals surface area contributed by atoms with Crippen LogP contribution in [0.15, 0.2) is 24.3 Å². The SMILES string of the molecule is CC(=O)NC1CCNCC1.c1cc2ccc1-2. The highest BCUT2D eigenvalue weighted by atomic mass is 16.1. The van der Waals surface area contributed by atoms with Crippen molar-refractivity contribution in [1.29, 1.82) is 0 Å². The third kappa shape index (κ3) is 2.83. The van der Waals surface area contributed by atoms with Crippen LogP contribution in [0.3, 0.4) is 0 Å². The van der Waals surface area contributed by atoms with Gasteiger partial charge >= 0.3 is 0 Å². The summed E-state index contributed by atoms with van der Waals surface area (Å²) < 4.78 is 0. The van der Waals surface area contributed by atoms with E-state index in [1.165, 1.54) is 11.1 Å². The zero-order valence-corrected chi connectivity index (χ0v) is 9.62. The molecule has 1 saturated heterocycles. The standard InChI is InChI=1S/C7H14N2O.C6H4/c1-6(10)9-7-2-4-8-5-3-7;1-2-6-4-3-5(1)6/h7-8H,2-5H2,1H3,(H,9,10);1-4H. The number of carbonyl (C=O) groups is 1. The molecule has 16 heavy (non-hydrogen) atoms. The Morgan fingerprint density at radius 3 is 2.00 bits per heavy atom. The Bertz CT molecular complexity index is 332. The Labute approximate surface area is 96.2 Å². The number of nitrogens with one attached hydrogen (secondary N) is 2. The van der Waals surface area contributed by atoms with Crippen molar-refractivity contribution in [3.8, 4) is 11.1 Å². The number of rotatable bonds is 1. The van der Waals surface area contributed by atoms with Crippen molar-refractivity contribution in [3.63, 3.8) is 0 Å². The second kappa shape index (κ2) is 5.12. The number of benzene rings is 1. The van der Waals surface area contributed by atoms with Gasteiger partial charge in [-0.15, -0.1) is 0 Å². The Balaban J connectivity index is 0.000000134. The summed E-state index contributed by atoms with van der Waals surface area (Å²) in [5.41, 5.74) is 2.85. The van der Waals surface area contributed by atoms with Gasteiger partial charge in [-0.3, -0.25) is 4.79 Å². The molecule has 0 aromatic heterocycles. The molecular weight excluding hydrogens is 200 g/mol. The molecule has 3 aliphatic rings. The lowest BCUT2D eigenvalue weighted by molar-refractivity contribution is -0.119. The molecule has 3 heteroatoms. The molecule has 86 valence electrons. The van der Waals surface area contributed by atoms with Gasteiger partial charge in [0.2, 0.25) is 5.91 Å². The fraction of sp³-hybridized carbons (Fsp3) is 0.462. The van der Waals surface area contributed by atoms with E-state index in [1.807, 2.05) is 0 Å². The van der Waals surface area contributed by atoms with Crippen LogP contribution in [-0.4, -0.2) is 25.0 Å². The van der Waals surface area contributed by atoms with Gasteiger partial charge < -0.3 is 10.6 Å². The predicted molar refractivity (Wildman–Crippen MR) is 65.1 cm³/mol. The lowest BCUT2D eigenvalue weighted by atomic mass is 9.95. The first-order valence-corrected chi connectivity index (χ1v) is 5.84. The largest absolute Gasteiger partial charge is 0.354 e. The van der Waals surface area contributed by atoms with Gasteiger partial charge in [-0.25, -0.2) is 0 Å². The second-order valence-corrected chi connectivity index (χ2v) is 4.30.